The van der Waals surface area contributed by atoms with Crippen LogP contribution in [0, 0.1) is 5.82 Å². The molecule has 0 aliphatic carbocycles. The third-order valence-corrected chi connectivity index (χ3v) is 3.08. The first-order valence-corrected chi connectivity index (χ1v) is 6.15. The minimum Gasteiger partial charge on any atom is -0.377 e. The summed E-state index contributed by atoms with van der Waals surface area (Å²) < 4.78 is 56.3. The summed E-state index contributed by atoms with van der Waals surface area (Å²) in [6.07, 6.45) is -2.45. The van der Waals surface area contributed by atoms with E-state index >= 15 is 0 Å². The lowest BCUT2D eigenvalue weighted by molar-refractivity contribution is -0.137. The van der Waals surface area contributed by atoms with E-state index in [0.717, 1.165) is 31.0 Å². The zero-order chi connectivity index (χ0) is 13.9. The fourth-order valence-electron chi connectivity index (χ4n) is 2.06. The monoisotopic (exact) mass is 277 g/mol. The summed E-state index contributed by atoms with van der Waals surface area (Å²) in [5.41, 5.74) is -0.810. The van der Waals surface area contributed by atoms with Crippen molar-refractivity contribution >= 4 is 0 Å². The van der Waals surface area contributed by atoms with Crippen molar-refractivity contribution in [3.8, 4) is 0 Å². The summed E-state index contributed by atoms with van der Waals surface area (Å²) in [5.74, 6) is -0.632. The van der Waals surface area contributed by atoms with E-state index in [-0.39, 0.29) is 18.2 Å². The molecule has 1 aliphatic rings. The average molecular weight is 277 g/mol. The van der Waals surface area contributed by atoms with Crippen LogP contribution in [0.15, 0.2) is 18.2 Å². The lowest BCUT2D eigenvalue weighted by Crippen LogP contribution is -2.26. The van der Waals surface area contributed by atoms with Gasteiger partial charge in [-0.25, -0.2) is 4.39 Å². The predicted octanol–water partition coefficient (Wildman–Crippen LogP) is 3.11. The Kier molecular flexibility index (Phi) is 4.42. The molecule has 0 bridgehead atoms. The first-order valence-electron chi connectivity index (χ1n) is 6.15. The molecular formula is C13H15F4NO. The third kappa shape index (κ3) is 3.91. The molecule has 1 heterocycles. The number of ether oxygens (including phenoxy) is 1. The molecule has 1 aromatic rings. The van der Waals surface area contributed by atoms with Gasteiger partial charge < -0.3 is 10.1 Å². The van der Waals surface area contributed by atoms with E-state index in [9.17, 15) is 17.6 Å². The summed E-state index contributed by atoms with van der Waals surface area (Å²) in [6, 6.07) is 2.45. The highest BCUT2D eigenvalue weighted by Gasteiger charge is 2.31. The van der Waals surface area contributed by atoms with Crippen molar-refractivity contribution in [2.75, 3.05) is 13.2 Å². The van der Waals surface area contributed by atoms with Crippen LogP contribution in [0.5, 0.6) is 0 Å². The molecule has 0 saturated carbocycles. The minimum absolute atomic E-state index is 0.0211. The van der Waals surface area contributed by atoms with Crippen LogP contribution < -0.4 is 5.32 Å². The van der Waals surface area contributed by atoms with E-state index in [1.165, 1.54) is 0 Å². The number of nitrogens with one attached hydrogen (secondary N) is 1. The molecule has 2 nitrogen and oxygen atoms in total. The van der Waals surface area contributed by atoms with Crippen LogP contribution in [0.3, 0.4) is 0 Å². The molecule has 6 heteroatoms. The van der Waals surface area contributed by atoms with E-state index in [2.05, 4.69) is 5.32 Å². The van der Waals surface area contributed by atoms with Crippen LogP contribution in [-0.4, -0.2) is 19.3 Å². The molecule has 1 aromatic carbocycles. The molecule has 1 fully saturated rings. The van der Waals surface area contributed by atoms with Crippen molar-refractivity contribution in [3.63, 3.8) is 0 Å². The summed E-state index contributed by atoms with van der Waals surface area (Å²) >= 11 is 0. The van der Waals surface area contributed by atoms with E-state index in [1.54, 1.807) is 0 Å². The number of hydrogen-bond acceptors (Lipinski definition) is 2. The van der Waals surface area contributed by atoms with Crippen molar-refractivity contribution in [3.05, 3.63) is 35.1 Å². The fraction of sp³-hybridized carbons (Fsp3) is 0.538. The van der Waals surface area contributed by atoms with Crippen molar-refractivity contribution in [2.24, 2.45) is 0 Å². The summed E-state index contributed by atoms with van der Waals surface area (Å²) in [6.45, 7) is 1.30. The summed E-state index contributed by atoms with van der Waals surface area (Å²) in [5, 5.41) is 2.93. The first kappa shape index (κ1) is 14.3. The Morgan fingerprint density at radius 2 is 2.11 bits per heavy atom. The van der Waals surface area contributed by atoms with Crippen molar-refractivity contribution in [1.29, 1.82) is 0 Å². The second-order valence-electron chi connectivity index (χ2n) is 4.57. The van der Waals surface area contributed by atoms with E-state index in [4.69, 9.17) is 4.74 Å². The van der Waals surface area contributed by atoms with Crippen molar-refractivity contribution in [2.45, 2.75) is 31.7 Å². The molecule has 106 valence electrons. The predicted molar refractivity (Wildman–Crippen MR) is 62.1 cm³/mol. The number of hydrogen-bond donors (Lipinski definition) is 1. The fourth-order valence-corrected chi connectivity index (χ4v) is 2.06. The topological polar surface area (TPSA) is 21.3 Å². The summed E-state index contributed by atoms with van der Waals surface area (Å²) in [7, 11) is 0. The Hall–Kier alpha value is -1.14. The molecule has 1 aliphatic heterocycles. The standard InChI is InChI=1S/C13H15F4NO/c14-12-4-3-10(13(15,16)17)6-9(12)7-18-8-11-2-1-5-19-11/h3-4,6,11,18H,1-2,5,7-8H2. The molecule has 0 radical (unpaired) electrons. The number of rotatable bonds is 4. The smallest absolute Gasteiger partial charge is 0.377 e. The highest BCUT2D eigenvalue weighted by molar-refractivity contribution is 5.27. The maximum atomic E-state index is 13.4. The maximum Gasteiger partial charge on any atom is 0.416 e. The molecule has 1 atom stereocenters. The van der Waals surface area contributed by atoms with Gasteiger partial charge in [0, 0.05) is 25.3 Å². The van der Waals surface area contributed by atoms with Gasteiger partial charge in [0.2, 0.25) is 0 Å². The van der Waals surface area contributed by atoms with E-state index in [0.29, 0.717) is 13.2 Å². The highest BCUT2D eigenvalue weighted by Crippen LogP contribution is 2.30. The molecular weight excluding hydrogens is 262 g/mol. The van der Waals surface area contributed by atoms with Gasteiger partial charge >= 0.3 is 6.18 Å². The largest absolute Gasteiger partial charge is 0.416 e. The lowest BCUT2D eigenvalue weighted by Gasteiger charge is -2.13. The van der Waals surface area contributed by atoms with Gasteiger partial charge in [-0.3, -0.25) is 0 Å². The zero-order valence-electron chi connectivity index (χ0n) is 10.3. The van der Waals surface area contributed by atoms with E-state index < -0.39 is 17.6 Å². The van der Waals surface area contributed by atoms with Gasteiger partial charge in [0.05, 0.1) is 11.7 Å². The second kappa shape index (κ2) is 5.88. The Bertz CT molecular complexity index is 427. The van der Waals surface area contributed by atoms with Crippen LogP contribution in [0.1, 0.15) is 24.0 Å². The Labute approximate surface area is 108 Å². The van der Waals surface area contributed by atoms with Crippen LogP contribution in [0.2, 0.25) is 0 Å². The number of alkyl halides is 3. The maximum absolute atomic E-state index is 13.4. The third-order valence-electron chi connectivity index (χ3n) is 3.08. The lowest BCUT2D eigenvalue weighted by atomic mass is 10.1. The van der Waals surface area contributed by atoms with Crippen molar-refractivity contribution in [1.82, 2.24) is 5.32 Å². The molecule has 2 rings (SSSR count). The van der Waals surface area contributed by atoms with Crippen LogP contribution in [-0.2, 0) is 17.5 Å². The van der Waals surface area contributed by atoms with Crippen LogP contribution >= 0.6 is 0 Å². The quantitative estimate of drug-likeness (QED) is 0.854. The average Bonchev–Trinajstić information content (AvgIpc) is 2.83. The van der Waals surface area contributed by atoms with Crippen LogP contribution in [0.25, 0.3) is 0 Å². The molecule has 1 saturated heterocycles. The van der Waals surface area contributed by atoms with Crippen molar-refractivity contribution < 1.29 is 22.3 Å². The molecule has 19 heavy (non-hydrogen) atoms. The van der Waals surface area contributed by atoms with Gasteiger partial charge in [0.1, 0.15) is 5.82 Å². The van der Waals surface area contributed by atoms with Gasteiger partial charge in [-0.15, -0.1) is 0 Å². The van der Waals surface area contributed by atoms with Gasteiger partial charge in [-0.2, -0.15) is 13.2 Å². The Morgan fingerprint density at radius 3 is 2.74 bits per heavy atom. The summed E-state index contributed by atoms with van der Waals surface area (Å²) in [4.78, 5) is 0. The SMILES string of the molecule is Fc1ccc(C(F)(F)F)cc1CNCC1CCCO1. The van der Waals surface area contributed by atoms with Crippen LogP contribution in [0.4, 0.5) is 17.6 Å². The Balaban J connectivity index is 1.94. The highest BCUT2D eigenvalue weighted by atomic mass is 19.4. The van der Waals surface area contributed by atoms with Gasteiger partial charge in [0.25, 0.3) is 0 Å². The normalized spacial score (nSPS) is 19.9. The molecule has 1 unspecified atom stereocenters. The van der Waals surface area contributed by atoms with E-state index in [1.807, 2.05) is 0 Å². The van der Waals surface area contributed by atoms with Gasteiger partial charge in [0.15, 0.2) is 0 Å². The number of benzene rings is 1. The first-order chi connectivity index (χ1) is 8.97. The number of halogens is 4. The molecule has 1 N–H and O–H groups in total. The van der Waals surface area contributed by atoms with Gasteiger partial charge in [-0.1, -0.05) is 0 Å². The second-order valence-corrected chi connectivity index (χ2v) is 4.57. The minimum atomic E-state index is -4.45. The zero-order valence-corrected chi connectivity index (χ0v) is 10.3. The van der Waals surface area contributed by atoms with Gasteiger partial charge in [-0.05, 0) is 31.0 Å². The molecule has 0 amide bonds. The molecule has 0 aromatic heterocycles. The Morgan fingerprint density at radius 1 is 1.32 bits per heavy atom. The molecule has 0 spiro atoms.